The summed E-state index contributed by atoms with van der Waals surface area (Å²) >= 11 is 0. The quantitative estimate of drug-likeness (QED) is 0.835. The Kier molecular flexibility index (Phi) is 2.97. The fraction of sp³-hybridized carbons (Fsp3) is 0.286. The van der Waals surface area contributed by atoms with Gasteiger partial charge in [0.25, 0.3) is 5.56 Å². The number of pyridine rings is 1. The number of carbonyl (C=O) groups is 1. The van der Waals surface area contributed by atoms with Crippen LogP contribution in [0.15, 0.2) is 16.9 Å². The predicted octanol–water partition coefficient (Wildman–Crippen LogP) is 1.15. The summed E-state index contributed by atoms with van der Waals surface area (Å²) in [5, 5.41) is 10.6. The van der Waals surface area contributed by atoms with E-state index in [1.54, 1.807) is 13.0 Å². The van der Waals surface area contributed by atoms with E-state index in [9.17, 15) is 14.7 Å². The van der Waals surface area contributed by atoms with E-state index in [2.05, 4.69) is 0 Å². The lowest BCUT2D eigenvalue weighted by atomic mass is 10.1. The molecule has 0 saturated heterocycles. The Hall–Kier alpha value is -2.70. The van der Waals surface area contributed by atoms with Gasteiger partial charge in [-0.2, -0.15) is 0 Å². The highest BCUT2D eigenvalue weighted by Crippen LogP contribution is 2.39. The number of ether oxygens (including phenoxy) is 3. The number of fused-ring (bicyclic) bond motifs is 2. The number of hydrogen-bond acceptors (Lipinski definition) is 6. The van der Waals surface area contributed by atoms with Crippen LogP contribution in [-0.2, 0) is 11.8 Å². The van der Waals surface area contributed by atoms with Gasteiger partial charge in [0.2, 0.25) is 6.79 Å². The summed E-state index contributed by atoms with van der Waals surface area (Å²) in [4.78, 5) is 24.1. The van der Waals surface area contributed by atoms with Gasteiger partial charge in [-0.15, -0.1) is 0 Å². The maximum absolute atomic E-state index is 12.3. The minimum Gasteiger partial charge on any atom is -0.506 e. The highest BCUT2D eigenvalue weighted by Gasteiger charge is 2.25. The topological polar surface area (TPSA) is 87.0 Å². The van der Waals surface area contributed by atoms with E-state index in [0.717, 1.165) is 0 Å². The van der Waals surface area contributed by atoms with Crippen molar-refractivity contribution in [2.45, 2.75) is 6.92 Å². The third kappa shape index (κ3) is 1.89. The maximum atomic E-state index is 12.3. The molecule has 7 heteroatoms. The van der Waals surface area contributed by atoms with Crippen LogP contribution in [0, 0.1) is 0 Å². The third-order valence-corrected chi connectivity index (χ3v) is 3.34. The molecule has 0 atom stereocenters. The summed E-state index contributed by atoms with van der Waals surface area (Å²) in [5.41, 5.74) is -0.571. The zero-order valence-corrected chi connectivity index (χ0v) is 11.5. The van der Waals surface area contributed by atoms with Gasteiger partial charge in [0.15, 0.2) is 17.1 Å². The zero-order chi connectivity index (χ0) is 15.1. The number of aryl methyl sites for hydroxylation is 1. The van der Waals surface area contributed by atoms with Crippen molar-refractivity contribution < 1.29 is 24.1 Å². The summed E-state index contributed by atoms with van der Waals surface area (Å²) in [6.45, 7) is 1.81. The molecule has 21 heavy (non-hydrogen) atoms. The van der Waals surface area contributed by atoms with Gasteiger partial charge < -0.3 is 23.9 Å². The molecule has 0 spiro atoms. The van der Waals surface area contributed by atoms with E-state index in [0.29, 0.717) is 22.4 Å². The molecule has 1 aliphatic rings. The van der Waals surface area contributed by atoms with Crippen LogP contribution < -0.4 is 15.0 Å². The Bertz CT molecular complexity index is 807. The number of esters is 1. The molecule has 1 aromatic carbocycles. The van der Waals surface area contributed by atoms with Crippen LogP contribution in [-0.4, -0.2) is 29.0 Å². The number of aromatic nitrogens is 1. The molecule has 0 amide bonds. The van der Waals surface area contributed by atoms with Crippen LogP contribution in [0.3, 0.4) is 0 Å². The SMILES string of the molecule is CCOC(=O)c1c(O)c2cc3c(cc2n(C)c1=O)OCO3. The summed E-state index contributed by atoms with van der Waals surface area (Å²) < 4.78 is 16.6. The molecule has 7 nitrogen and oxygen atoms in total. The van der Waals surface area contributed by atoms with Crippen LogP contribution in [0.1, 0.15) is 17.3 Å². The van der Waals surface area contributed by atoms with E-state index in [1.165, 1.54) is 17.7 Å². The van der Waals surface area contributed by atoms with Crippen molar-refractivity contribution in [3.63, 3.8) is 0 Å². The zero-order valence-electron chi connectivity index (χ0n) is 11.5. The predicted molar refractivity (Wildman–Crippen MR) is 72.9 cm³/mol. The Balaban J connectivity index is 2.35. The van der Waals surface area contributed by atoms with E-state index >= 15 is 0 Å². The first-order valence-corrected chi connectivity index (χ1v) is 6.37. The van der Waals surface area contributed by atoms with E-state index < -0.39 is 17.3 Å². The molecule has 1 N–H and O–H groups in total. The van der Waals surface area contributed by atoms with Gasteiger partial charge >= 0.3 is 5.97 Å². The van der Waals surface area contributed by atoms with E-state index in [1.807, 2.05) is 0 Å². The van der Waals surface area contributed by atoms with Crippen molar-refractivity contribution in [2.75, 3.05) is 13.4 Å². The molecule has 0 fully saturated rings. The van der Waals surface area contributed by atoms with Crippen LogP contribution in [0.5, 0.6) is 17.2 Å². The van der Waals surface area contributed by atoms with Crippen molar-refractivity contribution >= 4 is 16.9 Å². The van der Waals surface area contributed by atoms with Crippen molar-refractivity contribution in [3.8, 4) is 17.2 Å². The van der Waals surface area contributed by atoms with Crippen LogP contribution >= 0.6 is 0 Å². The maximum Gasteiger partial charge on any atom is 0.347 e. The van der Waals surface area contributed by atoms with Gasteiger partial charge in [0.1, 0.15) is 5.75 Å². The smallest absolute Gasteiger partial charge is 0.347 e. The molecular weight excluding hydrogens is 278 g/mol. The number of rotatable bonds is 2. The fourth-order valence-corrected chi connectivity index (χ4v) is 2.30. The second-order valence-electron chi connectivity index (χ2n) is 4.53. The molecule has 0 radical (unpaired) electrons. The first-order chi connectivity index (χ1) is 10.0. The van der Waals surface area contributed by atoms with Gasteiger partial charge in [0.05, 0.1) is 12.1 Å². The Labute approximate surface area is 119 Å². The Morgan fingerprint density at radius 2 is 2.05 bits per heavy atom. The number of aromatic hydroxyl groups is 1. The van der Waals surface area contributed by atoms with Crippen molar-refractivity contribution in [1.29, 1.82) is 0 Å². The number of hydrogen-bond donors (Lipinski definition) is 1. The number of nitrogens with zero attached hydrogens (tertiary/aromatic N) is 1. The lowest BCUT2D eigenvalue weighted by Crippen LogP contribution is -2.26. The molecule has 0 bridgehead atoms. The average Bonchev–Trinajstić information content (AvgIpc) is 2.91. The van der Waals surface area contributed by atoms with Crippen LogP contribution in [0.2, 0.25) is 0 Å². The Morgan fingerprint density at radius 3 is 2.71 bits per heavy atom. The minimum absolute atomic E-state index is 0.0745. The van der Waals surface area contributed by atoms with Crippen LogP contribution in [0.4, 0.5) is 0 Å². The lowest BCUT2D eigenvalue weighted by molar-refractivity contribution is 0.0520. The fourth-order valence-electron chi connectivity index (χ4n) is 2.30. The monoisotopic (exact) mass is 291 g/mol. The minimum atomic E-state index is -0.852. The van der Waals surface area contributed by atoms with Gasteiger partial charge in [0, 0.05) is 18.5 Å². The van der Waals surface area contributed by atoms with E-state index in [-0.39, 0.29) is 19.0 Å². The largest absolute Gasteiger partial charge is 0.506 e. The molecule has 0 saturated carbocycles. The van der Waals surface area contributed by atoms with Crippen molar-refractivity contribution in [2.24, 2.45) is 7.05 Å². The molecule has 0 aliphatic carbocycles. The Morgan fingerprint density at radius 1 is 1.38 bits per heavy atom. The molecule has 1 aromatic heterocycles. The summed E-state index contributed by atoms with van der Waals surface area (Å²) in [6, 6.07) is 3.13. The van der Waals surface area contributed by atoms with Crippen molar-refractivity contribution in [1.82, 2.24) is 4.57 Å². The molecule has 2 aromatic rings. The lowest BCUT2D eigenvalue weighted by Gasteiger charge is -2.11. The molecule has 3 rings (SSSR count). The first kappa shape index (κ1) is 13.3. The normalized spacial score (nSPS) is 12.7. The van der Waals surface area contributed by atoms with Crippen molar-refractivity contribution in [3.05, 3.63) is 28.0 Å². The van der Waals surface area contributed by atoms with Gasteiger partial charge in [-0.05, 0) is 13.0 Å². The standard InChI is InChI=1S/C14H13NO6/c1-3-19-14(18)11-12(16)7-4-9-10(21-6-20-9)5-8(7)15(2)13(11)17/h4-5,16H,3,6H2,1-2H3. The summed E-state index contributed by atoms with van der Waals surface area (Å²) in [7, 11) is 1.51. The van der Waals surface area contributed by atoms with Crippen LogP contribution in [0.25, 0.3) is 10.9 Å². The summed E-state index contributed by atoms with van der Waals surface area (Å²) in [5.74, 6) is -0.327. The highest BCUT2D eigenvalue weighted by atomic mass is 16.7. The molecule has 2 heterocycles. The van der Waals surface area contributed by atoms with Gasteiger partial charge in [-0.1, -0.05) is 0 Å². The molecule has 110 valence electrons. The van der Waals surface area contributed by atoms with Gasteiger partial charge in [-0.3, -0.25) is 4.79 Å². The summed E-state index contributed by atoms with van der Waals surface area (Å²) in [6.07, 6.45) is 0. The molecule has 0 unspecified atom stereocenters. The number of benzene rings is 1. The second-order valence-corrected chi connectivity index (χ2v) is 4.53. The van der Waals surface area contributed by atoms with E-state index in [4.69, 9.17) is 14.2 Å². The first-order valence-electron chi connectivity index (χ1n) is 6.37. The average molecular weight is 291 g/mol. The van der Waals surface area contributed by atoms with Gasteiger partial charge in [-0.25, -0.2) is 4.79 Å². The molecular formula is C14H13NO6. The number of carbonyl (C=O) groups excluding carboxylic acids is 1. The molecule has 1 aliphatic heterocycles. The second kappa shape index (κ2) is 4.69. The third-order valence-electron chi connectivity index (χ3n) is 3.34. The highest BCUT2D eigenvalue weighted by molar-refractivity contribution is 6.00.